The minimum Gasteiger partial charge on any atom is -0.458 e. The molecule has 0 amide bonds. The Hall–Kier alpha value is -14.2. The first-order chi connectivity index (χ1) is 57.8. The fourth-order valence-electron chi connectivity index (χ4n) is 19.8. The second kappa shape index (κ2) is 26.5. The Balaban J connectivity index is 0.787. The van der Waals surface area contributed by atoms with E-state index in [1.807, 2.05) is 22.7 Å². The molecular formula is C103H70B3N7O2S2. The molecule has 8 heterocycles. The third-order valence-corrected chi connectivity index (χ3v) is 26.8. The number of nitrogens with one attached hydrogen (secondary N) is 1. The number of rotatable bonds is 12. The molecule has 2 aromatic heterocycles. The molecule has 0 fully saturated rings. The van der Waals surface area contributed by atoms with Gasteiger partial charge >= 0.3 is 0 Å². The average molecular weight is 1530 g/mol. The van der Waals surface area contributed by atoms with Crippen LogP contribution in [0.2, 0.25) is 0 Å². The van der Waals surface area contributed by atoms with Gasteiger partial charge in [0, 0.05) is 139 Å². The van der Waals surface area contributed by atoms with Crippen molar-refractivity contribution in [2.24, 2.45) is 0 Å². The SMILES string of the molecule is Cc1cc(C)c(N2c3cc4c(cc3B3c5sc6ccccc6c5N(c5ccccc5)c5cc(N(c6ccccc6)c6ccccc6)cc2c53)B2c3cc5c(cc3Oc3cc(N(c6ccccc6)c6ccccc6)cc(c32)O4)Nc2cc(N(c3ccccc3)c3ccccc3)cc3c2B5c2sc4ccccc4c2N3c2ccccc2)c(C)c1. The van der Waals surface area contributed by atoms with Crippen LogP contribution in [-0.2, 0) is 0 Å². The van der Waals surface area contributed by atoms with E-state index in [-0.39, 0.29) is 20.1 Å². The summed E-state index contributed by atoms with van der Waals surface area (Å²) in [6, 6.07) is 134. The third kappa shape index (κ3) is 10.4. The topological polar surface area (TPSA) is 49.9 Å². The maximum atomic E-state index is 7.98. The molecule has 1 N–H and O–H groups in total. The molecule has 6 aliphatic rings. The van der Waals surface area contributed by atoms with Gasteiger partial charge in [0.05, 0.1) is 34.1 Å². The second-order valence-electron chi connectivity index (χ2n) is 31.3. The lowest BCUT2D eigenvalue weighted by atomic mass is 9.31. The Morgan fingerprint density at radius 2 is 0.641 bits per heavy atom. The van der Waals surface area contributed by atoms with Crippen LogP contribution in [0.25, 0.3) is 20.2 Å². The molecule has 24 rings (SSSR count). The zero-order valence-electron chi connectivity index (χ0n) is 64.2. The van der Waals surface area contributed by atoms with Gasteiger partial charge in [0.25, 0.3) is 20.1 Å². The second-order valence-corrected chi connectivity index (χ2v) is 33.5. The van der Waals surface area contributed by atoms with Crippen LogP contribution in [0.1, 0.15) is 16.7 Å². The van der Waals surface area contributed by atoms with Gasteiger partial charge in [-0.1, -0.05) is 212 Å². The molecule has 0 saturated carbocycles. The van der Waals surface area contributed by atoms with Gasteiger partial charge in [0.1, 0.15) is 23.0 Å². The number of thiophene rings is 2. The first-order valence-electron chi connectivity index (χ1n) is 40.1. The molecule has 0 aliphatic carbocycles. The molecule has 0 saturated heterocycles. The van der Waals surface area contributed by atoms with Gasteiger partial charge in [-0.15, -0.1) is 22.7 Å². The molecule has 0 radical (unpaired) electrons. The van der Waals surface area contributed by atoms with Gasteiger partial charge in [0.2, 0.25) is 0 Å². The number of benzene rings is 16. The first kappa shape index (κ1) is 67.3. The van der Waals surface area contributed by atoms with Gasteiger partial charge in [-0.3, -0.25) is 0 Å². The van der Waals surface area contributed by atoms with E-state index in [4.69, 9.17) is 9.47 Å². The smallest absolute Gasteiger partial charge is 0.264 e. The van der Waals surface area contributed by atoms with Crippen LogP contribution in [-0.4, -0.2) is 20.1 Å². The van der Waals surface area contributed by atoms with Crippen LogP contribution in [0.4, 0.5) is 114 Å². The highest BCUT2D eigenvalue weighted by atomic mass is 32.1. The molecule has 14 heteroatoms. The van der Waals surface area contributed by atoms with Crippen LogP contribution in [0.3, 0.4) is 0 Å². The van der Waals surface area contributed by atoms with Crippen LogP contribution < -0.4 is 92.0 Å². The number of fused-ring (bicyclic) bond motifs is 16. The van der Waals surface area contributed by atoms with E-state index < -0.39 is 0 Å². The van der Waals surface area contributed by atoms with Crippen molar-refractivity contribution in [3.63, 3.8) is 0 Å². The molecule has 550 valence electrons. The van der Waals surface area contributed by atoms with Gasteiger partial charge in [-0.25, -0.2) is 0 Å². The van der Waals surface area contributed by atoms with Crippen molar-refractivity contribution in [3.8, 4) is 23.0 Å². The lowest BCUT2D eigenvalue weighted by molar-refractivity contribution is 0.465. The number of nitrogens with zero attached hydrogens (tertiary/aromatic N) is 6. The summed E-state index contributed by atoms with van der Waals surface area (Å²) in [7, 11) is 0. The Bertz CT molecular complexity index is 6940. The lowest BCUT2D eigenvalue weighted by Crippen LogP contribution is -2.64. The maximum Gasteiger partial charge on any atom is 0.264 e. The minimum absolute atomic E-state index is 0.202. The van der Waals surface area contributed by atoms with E-state index in [0.29, 0.717) is 0 Å². The standard InChI is InChI=1S/C103H70B3N7O2S2/c1-64-52-65(2)99(66(3)53-64)113-86-63-91-83(61-81(86)106-97-88(112(74-46-26-11-27-47-74)101-79-49-29-31-51-95(79)117-103(101)106)56-76(57-89(97)113)109(69-36-16-6-17-37-69)70-38-18-7-19-39-70)104-82-60-80-84(62-90(82)114-92-58-77(59-93(115-91)98(92)104)110(71-40-20-8-21-41-71)72-42-22-9-23-43-72)107-85-54-75(108(67-32-12-4-13-33-67)68-34-14-5-15-35-68)55-87-96(85)105(80)102-100(78-48-28-30-50-94(78)116-102)111(87)73-44-24-10-25-45-73/h4-63,107H,1-3H3. The van der Waals surface area contributed by atoms with E-state index in [0.717, 1.165) is 142 Å². The van der Waals surface area contributed by atoms with Crippen molar-refractivity contribution in [2.45, 2.75) is 20.8 Å². The summed E-state index contributed by atoms with van der Waals surface area (Å²) in [5, 5.41) is 6.67. The monoisotopic (exact) mass is 1530 g/mol. The van der Waals surface area contributed by atoms with Gasteiger partial charge < -0.3 is 44.2 Å². The van der Waals surface area contributed by atoms with Crippen LogP contribution >= 0.6 is 22.7 Å². The van der Waals surface area contributed by atoms with Crippen molar-refractivity contribution in [1.29, 1.82) is 0 Å². The Labute approximate surface area is 688 Å². The Morgan fingerprint density at radius 1 is 0.274 bits per heavy atom. The van der Waals surface area contributed by atoms with Crippen molar-refractivity contribution in [3.05, 3.63) is 381 Å². The normalized spacial score (nSPS) is 13.2. The first-order valence-corrected chi connectivity index (χ1v) is 41.8. The number of hydrogen-bond acceptors (Lipinski definition) is 11. The number of ether oxygens (including phenoxy) is 2. The molecule has 6 aliphatic heterocycles. The maximum absolute atomic E-state index is 7.98. The van der Waals surface area contributed by atoms with Gasteiger partial charge in [0.15, 0.2) is 0 Å². The zero-order valence-corrected chi connectivity index (χ0v) is 65.8. The average Bonchev–Trinajstić information content (AvgIpc) is 1.54. The van der Waals surface area contributed by atoms with E-state index >= 15 is 0 Å². The summed E-state index contributed by atoms with van der Waals surface area (Å²) in [6.07, 6.45) is 0. The molecule has 117 heavy (non-hydrogen) atoms. The molecule has 18 aromatic rings. The molecule has 0 spiro atoms. The predicted octanol–water partition coefficient (Wildman–Crippen LogP) is 22.6. The van der Waals surface area contributed by atoms with Crippen LogP contribution in [0.15, 0.2) is 364 Å². The third-order valence-electron chi connectivity index (χ3n) is 24.4. The summed E-state index contributed by atoms with van der Waals surface area (Å²) in [4.78, 5) is 14.9. The van der Waals surface area contributed by atoms with Crippen molar-refractivity contribution in [1.82, 2.24) is 0 Å². The fourth-order valence-corrected chi connectivity index (χ4v) is 22.5. The number of hydrogen-bond donors (Lipinski definition) is 1. The largest absolute Gasteiger partial charge is 0.458 e. The van der Waals surface area contributed by atoms with Crippen molar-refractivity contribution in [2.75, 3.05) is 34.7 Å². The molecule has 0 unspecified atom stereocenters. The molecule has 16 aromatic carbocycles. The summed E-state index contributed by atoms with van der Waals surface area (Å²) in [5.74, 6) is 3.04. The summed E-state index contributed by atoms with van der Waals surface area (Å²) in [5.41, 5.74) is 32.9. The lowest BCUT2D eigenvalue weighted by Gasteiger charge is -2.45. The highest BCUT2D eigenvalue weighted by Gasteiger charge is 2.51. The summed E-state index contributed by atoms with van der Waals surface area (Å²) < 4.78 is 20.8. The van der Waals surface area contributed by atoms with E-state index in [9.17, 15) is 0 Å². The molecule has 0 atom stereocenters. The molecular weight excluding hydrogens is 1460 g/mol. The quantitative estimate of drug-likeness (QED) is 0.121. The van der Waals surface area contributed by atoms with E-state index in [1.165, 1.54) is 79.6 Å². The van der Waals surface area contributed by atoms with Gasteiger partial charge in [-0.2, -0.15) is 0 Å². The highest BCUT2D eigenvalue weighted by Crippen LogP contribution is 2.55. The summed E-state index contributed by atoms with van der Waals surface area (Å²) in [6.45, 7) is 5.98. The van der Waals surface area contributed by atoms with Crippen molar-refractivity contribution < 1.29 is 9.47 Å². The van der Waals surface area contributed by atoms with Crippen LogP contribution in [0.5, 0.6) is 23.0 Å². The Kier molecular flexibility index (Phi) is 15.2. The van der Waals surface area contributed by atoms with Crippen molar-refractivity contribution >= 4 is 225 Å². The molecule has 9 nitrogen and oxygen atoms in total. The van der Waals surface area contributed by atoms with E-state index in [2.05, 4.69) is 419 Å². The predicted molar refractivity (Wildman–Crippen MR) is 496 cm³/mol. The number of para-hydroxylation sites is 8. The van der Waals surface area contributed by atoms with E-state index in [1.54, 1.807) is 0 Å². The highest BCUT2D eigenvalue weighted by molar-refractivity contribution is 7.34. The minimum atomic E-state index is -0.384. The number of aryl methyl sites for hydroxylation is 3. The van der Waals surface area contributed by atoms with Gasteiger partial charge in [-0.05, 0) is 198 Å². The Morgan fingerprint density at radius 3 is 1.09 bits per heavy atom. The molecule has 0 bridgehead atoms. The fraction of sp³-hybridized carbons (Fsp3) is 0.0291. The van der Waals surface area contributed by atoms with Crippen LogP contribution in [0, 0.1) is 20.8 Å². The summed E-state index contributed by atoms with van der Waals surface area (Å²) >= 11 is 3.83. The number of anilines is 20. The zero-order chi connectivity index (χ0) is 77.3.